The molecule has 0 saturated heterocycles. The van der Waals surface area contributed by atoms with Gasteiger partial charge in [-0.15, -0.1) is 11.3 Å². The third kappa shape index (κ3) is 4.68. The molecule has 1 N–H and O–H groups in total. The van der Waals surface area contributed by atoms with Crippen LogP contribution in [0.2, 0.25) is 0 Å². The Bertz CT molecular complexity index is 1030. The van der Waals surface area contributed by atoms with Crippen molar-refractivity contribution in [2.45, 2.75) is 25.9 Å². The Morgan fingerprint density at radius 2 is 2.14 bits per heavy atom. The fourth-order valence-electron chi connectivity index (χ4n) is 2.71. The summed E-state index contributed by atoms with van der Waals surface area (Å²) in [5.74, 6) is 0.973. The number of rotatable bonds is 8. The highest BCUT2D eigenvalue weighted by molar-refractivity contribution is 7.13. The van der Waals surface area contributed by atoms with Crippen LogP contribution in [-0.2, 0) is 24.3 Å². The van der Waals surface area contributed by atoms with E-state index in [9.17, 15) is 4.79 Å². The van der Waals surface area contributed by atoms with Gasteiger partial charge in [0.2, 0.25) is 17.6 Å². The molecule has 1 aromatic carbocycles. The number of nitrogens with one attached hydrogen (secondary N) is 1. The summed E-state index contributed by atoms with van der Waals surface area (Å²) in [4.78, 5) is 21.4. The third-order valence-electron chi connectivity index (χ3n) is 4.07. The minimum absolute atomic E-state index is 0.0578. The zero-order valence-electron chi connectivity index (χ0n) is 15.0. The number of aromatic nitrogens is 5. The van der Waals surface area contributed by atoms with Crippen LogP contribution in [0, 0.1) is 0 Å². The lowest BCUT2D eigenvalue weighted by Gasteiger charge is -2.07. The lowest BCUT2D eigenvalue weighted by molar-refractivity contribution is -0.121. The van der Waals surface area contributed by atoms with Crippen LogP contribution < -0.4 is 5.32 Å². The van der Waals surface area contributed by atoms with Gasteiger partial charge in [0, 0.05) is 19.4 Å². The number of hydrogen-bond acceptors (Lipinski definition) is 7. The highest BCUT2D eigenvalue weighted by atomic mass is 32.1. The minimum Gasteiger partial charge on any atom is -0.352 e. The molecule has 0 saturated carbocycles. The van der Waals surface area contributed by atoms with Gasteiger partial charge >= 0.3 is 0 Å². The molecule has 4 rings (SSSR count). The molecule has 4 aromatic rings. The van der Waals surface area contributed by atoms with E-state index in [1.807, 2.05) is 41.8 Å². The summed E-state index contributed by atoms with van der Waals surface area (Å²) in [6, 6.07) is 11.9. The molecule has 1 amide bonds. The third-order valence-corrected chi connectivity index (χ3v) is 4.93. The molecule has 0 atom stereocenters. The van der Waals surface area contributed by atoms with E-state index < -0.39 is 0 Å². The molecule has 0 unspecified atom stereocenters. The lowest BCUT2D eigenvalue weighted by atomic mass is 10.1. The van der Waals surface area contributed by atoms with Gasteiger partial charge in [0.25, 0.3) is 0 Å². The Labute approximate surface area is 165 Å². The Hall–Kier alpha value is -3.33. The van der Waals surface area contributed by atoms with Gasteiger partial charge in [-0.05, 0) is 22.6 Å². The molecule has 0 aliphatic carbocycles. The molecule has 3 heterocycles. The number of benzene rings is 1. The summed E-state index contributed by atoms with van der Waals surface area (Å²) in [6.45, 7) is 1.11. The molecule has 0 bridgehead atoms. The number of amides is 1. The van der Waals surface area contributed by atoms with Crippen molar-refractivity contribution in [1.82, 2.24) is 30.2 Å². The molecule has 0 aliphatic heterocycles. The van der Waals surface area contributed by atoms with E-state index >= 15 is 0 Å². The molecule has 9 heteroatoms. The van der Waals surface area contributed by atoms with Crippen molar-refractivity contribution in [2.75, 3.05) is 0 Å². The molecule has 28 heavy (non-hydrogen) atoms. The second kappa shape index (κ2) is 8.57. The number of thiophene rings is 1. The number of carbonyl (C=O) groups excluding carboxylic acids is 1. The van der Waals surface area contributed by atoms with E-state index in [0.717, 1.165) is 16.0 Å². The van der Waals surface area contributed by atoms with E-state index in [4.69, 9.17) is 4.52 Å². The van der Waals surface area contributed by atoms with E-state index in [2.05, 4.69) is 25.5 Å². The minimum atomic E-state index is -0.0578. The highest BCUT2D eigenvalue weighted by Gasteiger charge is 2.11. The molecule has 0 spiro atoms. The number of carbonyl (C=O) groups is 1. The number of nitrogens with zero attached hydrogens (tertiary/aromatic N) is 5. The van der Waals surface area contributed by atoms with Gasteiger partial charge in [0.1, 0.15) is 12.7 Å². The van der Waals surface area contributed by atoms with Crippen molar-refractivity contribution in [1.29, 1.82) is 0 Å². The Balaban J connectivity index is 1.25. The quantitative estimate of drug-likeness (QED) is 0.493. The van der Waals surface area contributed by atoms with Crippen molar-refractivity contribution in [3.63, 3.8) is 0 Å². The number of aryl methyl sites for hydroxylation is 1. The van der Waals surface area contributed by atoms with Gasteiger partial charge in [-0.3, -0.25) is 4.79 Å². The standard InChI is InChI=1S/C19H18N6O2S/c26-17(6-7-18-23-19(24-27-18)16-5-2-8-28-16)21-10-14-3-1-4-15(9-14)11-25-13-20-12-22-25/h1-5,8-9,12-13H,6-7,10-11H2,(H,21,26). The summed E-state index contributed by atoms with van der Waals surface area (Å²) in [5.41, 5.74) is 2.13. The van der Waals surface area contributed by atoms with Crippen LogP contribution in [0.1, 0.15) is 23.4 Å². The summed E-state index contributed by atoms with van der Waals surface area (Å²) >= 11 is 1.55. The first-order valence-electron chi connectivity index (χ1n) is 8.79. The fraction of sp³-hybridized carbons (Fsp3) is 0.211. The van der Waals surface area contributed by atoms with E-state index in [1.165, 1.54) is 6.33 Å². The smallest absolute Gasteiger partial charge is 0.227 e. The zero-order chi connectivity index (χ0) is 19.2. The predicted octanol–water partition coefficient (Wildman–Crippen LogP) is 2.69. The van der Waals surface area contributed by atoms with Crippen LogP contribution >= 0.6 is 11.3 Å². The normalized spacial score (nSPS) is 10.9. The lowest BCUT2D eigenvalue weighted by Crippen LogP contribution is -2.23. The van der Waals surface area contributed by atoms with Crippen LogP contribution in [-0.4, -0.2) is 30.8 Å². The molecule has 142 valence electrons. The molecule has 0 fully saturated rings. The zero-order valence-corrected chi connectivity index (χ0v) is 15.8. The maximum atomic E-state index is 12.1. The molecule has 3 aromatic heterocycles. The van der Waals surface area contributed by atoms with Crippen molar-refractivity contribution in [3.05, 3.63) is 71.5 Å². The van der Waals surface area contributed by atoms with Crippen molar-refractivity contribution in [2.24, 2.45) is 0 Å². The Morgan fingerprint density at radius 1 is 1.21 bits per heavy atom. The first kappa shape index (κ1) is 18.1. The van der Waals surface area contributed by atoms with Crippen LogP contribution in [0.4, 0.5) is 0 Å². The number of hydrogen-bond donors (Lipinski definition) is 1. The maximum absolute atomic E-state index is 12.1. The van der Waals surface area contributed by atoms with Gasteiger partial charge in [-0.25, -0.2) is 9.67 Å². The molecule has 0 aliphatic rings. The second-order valence-electron chi connectivity index (χ2n) is 6.18. The average molecular weight is 394 g/mol. The van der Waals surface area contributed by atoms with Gasteiger partial charge in [0.05, 0.1) is 11.4 Å². The van der Waals surface area contributed by atoms with Gasteiger partial charge in [-0.1, -0.05) is 35.5 Å². The van der Waals surface area contributed by atoms with E-state index in [1.54, 1.807) is 22.3 Å². The van der Waals surface area contributed by atoms with Gasteiger partial charge in [-0.2, -0.15) is 10.1 Å². The van der Waals surface area contributed by atoms with Crippen LogP contribution in [0.3, 0.4) is 0 Å². The molecular weight excluding hydrogens is 376 g/mol. The molecular formula is C19H18N6O2S. The van der Waals surface area contributed by atoms with E-state index in [-0.39, 0.29) is 5.91 Å². The summed E-state index contributed by atoms with van der Waals surface area (Å²) < 4.78 is 6.98. The maximum Gasteiger partial charge on any atom is 0.227 e. The van der Waals surface area contributed by atoms with Crippen LogP contribution in [0.15, 0.2) is 59.0 Å². The van der Waals surface area contributed by atoms with Crippen LogP contribution in [0.25, 0.3) is 10.7 Å². The molecule has 8 nitrogen and oxygen atoms in total. The van der Waals surface area contributed by atoms with Crippen molar-refractivity contribution >= 4 is 17.2 Å². The van der Waals surface area contributed by atoms with Crippen molar-refractivity contribution in [3.8, 4) is 10.7 Å². The van der Waals surface area contributed by atoms with E-state index in [0.29, 0.717) is 37.6 Å². The fourth-order valence-corrected chi connectivity index (χ4v) is 3.36. The van der Waals surface area contributed by atoms with Gasteiger partial charge in [0.15, 0.2) is 0 Å². The summed E-state index contributed by atoms with van der Waals surface area (Å²) in [5, 5.41) is 12.9. The summed E-state index contributed by atoms with van der Waals surface area (Å²) in [6.07, 6.45) is 3.90. The first-order valence-corrected chi connectivity index (χ1v) is 9.67. The predicted molar refractivity (Wildman–Crippen MR) is 103 cm³/mol. The Morgan fingerprint density at radius 3 is 2.96 bits per heavy atom. The highest BCUT2D eigenvalue weighted by Crippen LogP contribution is 2.21. The largest absolute Gasteiger partial charge is 0.352 e. The van der Waals surface area contributed by atoms with Gasteiger partial charge < -0.3 is 9.84 Å². The average Bonchev–Trinajstić information content (AvgIpc) is 3.47. The van der Waals surface area contributed by atoms with Crippen molar-refractivity contribution < 1.29 is 9.32 Å². The van der Waals surface area contributed by atoms with Crippen LogP contribution in [0.5, 0.6) is 0 Å². The first-order chi connectivity index (χ1) is 13.8. The topological polar surface area (TPSA) is 98.7 Å². The Kier molecular flexibility index (Phi) is 5.53. The molecule has 0 radical (unpaired) electrons. The summed E-state index contributed by atoms with van der Waals surface area (Å²) in [7, 11) is 0. The SMILES string of the molecule is O=C(CCc1nc(-c2cccs2)no1)NCc1cccc(Cn2cncn2)c1. The monoisotopic (exact) mass is 394 g/mol. The second-order valence-corrected chi connectivity index (χ2v) is 7.13.